The molecular weight excluding hydrogens is 376 g/mol. The summed E-state index contributed by atoms with van der Waals surface area (Å²) in [5.74, 6) is 0.669. The maximum Gasteiger partial charge on any atom is 0.337 e. The Kier molecular flexibility index (Phi) is 5.66. The first-order valence-corrected chi connectivity index (χ1v) is 9.43. The van der Waals surface area contributed by atoms with Crippen LogP contribution in [0.25, 0.3) is 11.3 Å². The van der Waals surface area contributed by atoms with Gasteiger partial charge in [-0.05, 0) is 30.3 Å². The van der Waals surface area contributed by atoms with E-state index in [1.165, 1.54) is 7.11 Å². The van der Waals surface area contributed by atoms with Crippen molar-refractivity contribution >= 4 is 29.1 Å². The average Bonchev–Trinajstić information content (AvgIpc) is 2.80. The van der Waals surface area contributed by atoms with Crippen molar-refractivity contribution in [1.82, 2.24) is 9.97 Å². The summed E-state index contributed by atoms with van der Waals surface area (Å²) in [7, 11) is 1.36. The lowest BCUT2D eigenvalue weighted by Crippen LogP contribution is -2.04. The number of para-hydroxylation sites is 1. The minimum absolute atomic E-state index is 0.399. The van der Waals surface area contributed by atoms with Crippen molar-refractivity contribution in [3.8, 4) is 11.3 Å². The number of ether oxygens (including phenoxy) is 1. The largest absolute Gasteiger partial charge is 0.465 e. The summed E-state index contributed by atoms with van der Waals surface area (Å²) in [4.78, 5) is 21.1. The summed E-state index contributed by atoms with van der Waals surface area (Å²) in [5.41, 5.74) is 3.81. The van der Waals surface area contributed by atoms with Crippen LogP contribution in [0.4, 0.5) is 23.1 Å². The molecule has 0 fully saturated rings. The summed E-state index contributed by atoms with van der Waals surface area (Å²) in [6.45, 7) is 0. The van der Waals surface area contributed by atoms with Crippen LogP contribution in [0.5, 0.6) is 0 Å². The molecule has 0 saturated heterocycles. The Labute approximate surface area is 174 Å². The van der Waals surface area contributed by atoms with Gasteiger partial charge in [0.1, 0.15) is 5.82 Å². The molecule has 0 spiro atoms. The number of hydrogen-bond acceptors (Lipinski definition) is 6. The van der Waals surface area contributed by atoms with Gasteiger partial charge in [0.25, 0.3) is 0 Å². The van der Waals surface area contributed by atoms with E-state index < -0.39 is 5.97 Å². The lowest BCUT2D eigenvalue weighted by atomic mass is 10.1. The fourth-order valence-electron chi connectivity index (χ4n) is 2.96. The maximum atomic E-state index is 11.8. The molecule has 0 saturated carbocycles. The van der Waals surface area contributed by atoms with E-state index in [9.17, 15) is 4.79 Å². The molecule has 0 amide bonds. The molecule has 30 heavy (non-hydrogen) atoms. The van der Waals surface area contributed by atoms with Gasteiger partial charge in [-0.15, -0.1) is 0 Å². The second-order valence-electron chi connectivity index (χ2n) is 6.52. The van der Waals surface area contributed by atoms with Gasteiger partial charge in [-0.3, -0.25) is 0 Å². The third-order valence-corrected chi connectivity index (χ3v) is 4.38. The topological polar surface area (TPSA) is 76.1 Å². The summed E-state index contributed by atoms with van der Waals surface area (Å²) in [6.07, 6.45) is 0. The van der Waals surface area contributed by atoms with Crippen LogP contribution >= 0.6 is 0 Å². The van der Waals surface area contributed by atoms with E-state index in [-0.39, 0.29) is 0 Å². The number of anilines is 4. The Hall–Kier alpha value is -4.19. The first-order valence-electron chi connectivity index (χ1n) is 9.43. The highest BCUT2D eigenvalue weighted by Crippen LogP contribution is 2.25. The number of carbonyl (C=O) groups is 1. The van der Waals surface area contributed by atoms with Crippen molar-refractivity contribution in [3.63, 3.8) is 0 Å². The molecule has 0 unspecified atom stereocenters. The van der Waals surface area contributed by atoms with Crippen LogP contribution in [-0.2, 0) is 4.74 Å². The highest BCUT2D eigenvalue weighted by molar-refractivity contribution is 5.90. The smallest absolute Gasteiger partial charge is 0.337 e. The average molecular weight is 396 g/mol. The number of hydrogen-bond donors (Lipinski definition) is 2. The van der Waals surface area contributed by atoms with E-state index in [1.807, 2.05) is 72.8 Å². The number of carbonyl (C=O) groups excluding carboxylic acids is 1. The van der Waals surface area contributed by atoms with Crippen molar-refractivity contribution in [2.24, 2.45) is 0 Å². The van der Waals surface area contributed by atoms with E-state index in [0.717, 1.165) is 16.9 Å². The molecule has 1 aromatic heterocycles. The minimum Gasteiger partial charge on any atom is -0.465 e. The number of aromatic nitrogens is 2. The Morgan fingerprint density at radius 2 is 1.47 bits per heavy atom. The van der Waals surface area contributed by atoms with E-state index in [1.54, 1.807) is 18.2 Å². The van der Waals surface area contributed by atoms with Crippen LogP contribution < -0.4 is 10.6 Å². The molecule has 4 aromatic rings. The molecule has 0 atom stereocenters. The molecule has 0 radical (unpaired) electrons. The van der Waals surface area contributed by atoms with Crippen LogP contribution in [0.2, 0.25) is 0 Å². The van der Waals surface area contributed by atoms with Gasteiger partial charge in [-0.2, -0.15) is 4.98 Å². The number of rotatable bonds is 6. The Bertz CT molecular complexity index is 1150. The number of nitrogens with one attached hydrogen (secondary N) is 2. The summed E-state index contributed by atoms with van der Waals surface area (Å²) in [6, 6.07) is 28.6. The standard InChI is InChI=1S/C24H20N4O2/c1-30-23(29)18-11-8-14-20(15-18)26-24-27-21(17-9-4-2-5-10-17)16-22(28-24)25-19-12-6-3-7-13-19/h2-16H,1H3,(H2,25,26,27,28). The van der Waals surface area contributed by atoms with Gasteiger partial charge in [-0.1, -0.05) is 54.6 Å². The molecule has 3 aromatic carbocycles. The number of esters is 1. The molecule has 2 N–H and O–H groups in total. The number of methoxy groups -OCH3 is 1. The zero-order chi connectivity index (χ0) is 20.8. The molecule has 0 aliphatic heterocycles. The molecule has 148 valence electrons. The van der Waals surface area contributed by atoms with Crippen molar-refractivity contribution in [2.45, 2.75) is 0 Å². The van der Waals surface area contributed by atoms with Gasteiger partial charge in [-0.25, -0.2) is 9.78 Å². The van der Waals surface area contributed by atoms with Crippen molar-refractivity contribution in [1.29, 1.82) is 0 Å². The fraction of sp³-hybridized carbons (Fsp3) is 0.0417. The number of nitrogens with zero attached hydrogens (tertiary/aromatic N) is 2. The van der Waals surface area contributed by atoms with Gasteiger partial charge < -0.3 is 15.4 Å². The SMILES string of the molecule is COC(=O)c1cccc(Nc2nc(Nc3ccccc3)cc(-c3ccccc3)n2)c1. The monoisotopic (exact) mass is 396 g/mol. The summed E-state index contributed by atoms with van der Waals surface area (Å²) < 4.78 is 4.80. The Morgan fingerprint density at radius 1 is 0.767 bits per heavy atom. The van der Waals surface area contributed by atoms with E-state index in [4.69, 9.17) is 4.74 Å². The highest BCUT2D eigenvalue weighted by atomic mass is 16.5. The zero-order valence-corrected chi connectivity index (χ0v) is 16.4. The van der Waals surface area contributed by atoms with Gasteiger partial charge in [0, 0.05) is 23.0 Å². The van der Waals surface area contributed by atoms with Crippen LogP contribution in [0.3, 0.4) is 0 Å². The molecule has 1 heterocycles. The predicted molar refractivity (Wildman–Crippen MR) is 118 cm³/mol. The fourth-order valence-corrected chi connectivity index (χ4v) is 2.96. The van der Waals surface area contributed by atoms with Crippen molar-refractivity contribution < 1.29 is 9.53 Å². The molecular formula is C24H20N4O2. The lowest BCUT2D eigenvalue weighted by molar-refractivity contribution is 0.0601. The molecule has 0 aliphatic carbocycles. The van der Waals surface area contributed by atoms with E-state index >= 15 is 0 Å². The molecule has 0 aliphatic rings. The third kappa shape index (κ3) is 4.62. The lowest BCUT2D eigenvalue weighted by Gasteiger charge is -2.12. The second kappa shape index (κ2) is 8.87. The van der Waals surface area contributed by atoms with Crippen LogP contribution in [0, 0.1) is 0 Å². The minimum atomic E-state index is -0.399. The molecule has 0 bridgehead atoms. The normalized spacial score (nSPS) is 10.3. The maximum absolute atomic E-state index is 11.8. The third-order valence-electron chi connectivity index (χ3n) is 4.38. The highest BCUT2D eigenvalue weighted by Gasteiger charge is 2.10. The van der Waals surface area contributed by atoms with Crippen LogP contribution in [0.15, 0.2) is 91.0 Å². The number of benzene rings is 3. The Balaban J connectivity index is 1.70. The second-order valence-corrected chi connectivity index (χ2v) is 6.52. The molecule has 6 heteroatoms. The summed E-state index contributed by atoms with van der Waals surface area (Å²) >= 11 is 0. The first-order chi connectivity index (χ1) is 14.7. The van der Waals surface area contributed by atoms with Gasteiger partial charge >= 0.3 is 5.97 Å². The Morgan fingerprint density at radius 3 is 2.20 bits per heavy atom. The predicted octanol–water partition coefficient (Wildman–Crippen LogP) is 5.42. The summed E-state index contributed by atoms with van der Waals surface area (Å²) in [5, 5.41) is 6.50. The van der Waals surface area contributed by atoms with Gasteiger partial charge in [0.2, 0.25) is 5.95 Å². The molecule has 6 nitrogen and oxygen atoms in total. The molecule has 4 rings (SSSR count). The van der Waals surface area contributed by atoms with Crippen LogP contribution in [0.1, 0.15) is 10.4 Å². The van der Waals surface area contributed by atoms with Gasteiger partial charge in [0.05, 0.1) is 18.4 Å². The van der Waals surface area contributed by atoms with Crippen LogP contribution in [-0.4, -0.2) is 23.0 Å². The van der Waals surface area contributed by atoms with Gasteiger partial charge in [0.15, 0.2) is 0 Å². The van der Waals surface area contributed by atoms with E-state index in [2.05, 4.69) is 20.6 Å². The van der Waals surface area contributed by atoms with Crippen molar-refractivity contribution in [2.75, 3.05) is 17.7 Å². The van der Waals surface area contributed by atoms with E-state index in [0.29, 0.717) is 23.0 Å². The zero-order valence-electron chi connectivity index (χ0n) is 16.4. The first kappa shape index (κ1) is 19.1. The quantitative estimate of drug-likeness (QED) is 0.424. The van der Waals surface area contributed by atoms with Crippen molar-refractivity contribution in [3.05, 3.63) is 96.6 Å².